The molecule has 1 spiro atoms. The average molecular weight is 341 g/mol. The lowest BCUT2D eigenvalue weighted by Crippen LogP contribution is -2.81. The van der Waals surface area contributed by atoms with E-state index in [-0.39, 0.29) is 0 Å². The van der Waals surface area contributed by atoms with Gasteiger partial charge in [0.1, 0.15) is 0 Å². The van der Waals surface area contributed by atoms with Gasteiger partial charge in [0.15, 0.2) is 0 Å². The summed E-state index contributed by atoms with van der Waals surface area (Å²) in [7, 11) is 0. The van der Waals surface area contributed by atoms with Crippen molar-refractivity contribution in [3.8, 4) is 0 Å². The summed E-state index contributed by atoms with van der Waals surface area (Å²) in [5, 5.41) is 0. The van der Waals surface area contributed by atoms with Gasteiger partial charge in [-0.05, 0) is 18.4 Å². The molecular weight excluding hydrogens is 310 g/mol. The van der Waals surface area contributed by atoms with Crippen LogP contribution >= 0.6 is 0 Å². The molecule has 1 aliphatic carbocycles. The maximum absolute atomic E-state index is 5.84. The molecule has 0 N–H and O–H groups in total. The molecule has 0 aromatic heterocycles. The lowest BCUT2D eigenvalue weighted by molar-refractivity contribution is -0.173. The number of fused-ring (bicyclic) bond motifs is 2. The Balaban J connectivity index is 1.31. The van der Waals surface area contributed by atoms with Gasteiger partial charge in [0.25, 0.3) is 0 Å². The summed E-state index contributed by atoms with van der Waals surface area (Å²) in [6, 6.07) is 12.4. The van der Waals surface area contributed by atoms with Gasteiger partial charge in [-0.1, -0.05) is 43.2 Å². The number of likely N-dealkylation sites (tertiary alicyclic amines) is 1. The van der Waals surface area contributed by atoms with Gasteiger partial charge in [-0.15, -0.1) is 0 Å². The van der Waals surface area contributed by atoms with Crippen LogP contribution in [0.1, 0.15) is 31.2 Å². The molecule has 25 heavy (non-hydrogen) atoms. The number of piperazine rings is 1. The molecule has 4 fully saturated rings. The largest absolute Gasteiger partial charge is 0.378 e. The van der Waals surface area contributed by atoms with Crippen molar-refractivity contribution in [2.45, 2.75) is 49.9 Å². The summed E-state index contributed by atoms with van der Waals surface area (Å²) in [4.78, 5) is 8.30. The van der Waals surface area contributed by atoms with E-state index in [0.29, 0.717) is 11.6 Å². The van der Waals surface area contributed by atoms with Crippen LogP contribution in [0.3, 0.4) is 0 Å². The van der Waals surface area contributed by atoms with Crippen LogP contribution in [-0.4, -0.2) is 78.3 Å². The molecule has 1 aromatic rings. The van der Waals surface area contributed by atoms with Gasteiger partial charge in [0, 0.05) is 51.4 Å². The molecule has 1 saturated carbocycles. The van der Waals surface area contributed by atoms with Gasteiger partial charge in [-0.25, -0.2) is 0 Å². The fraction of sp³-hybridized carbons (Fsp3) is 0.714. The highest BCUT2D eigenvalue weighted by Gasteiger charge is 2.55. The minimum atomic E-state index is 0.379. The van der Waals surface area contributed by atoms with E-state index < -0.39 is 0 Å². The fourth-order valence-electron chi connectivity index (χ4n) is 5.78. The van der Waals surface area contributed by atoms with Gasteiger partial charge < -0.3 is 4.74 Å². The summed E-state index contributed by atoms with van der Waals surface area (Å²) < 4.78 is 5.84. The molecule has 5 rings (SSSR count). The van der Waals surface area contributed by atoms with E-state index in [1.165, 1.54) is 50.9 Å². The minimum absolute atomic E-state index is 0.379. The summed E-state index contributed by atoms with van der Waals surface area (Å²) in [6.07, 6.45) is 5.73. The quantitative estimate of drug-likeness (QED) is 0.839. The zero-order valence-electron chi connectivity index (χ0n) is 15.3. The first-order chi connectivity index (χ1) is 12.3. The van der Waals surface area contributed by atoms with Crippen molar-refractivity contribution in [1.82, 2.24) is 14.7 Å². The third kappa shape index (κ3) is 3.03. The van der Waals surface area contributed by atoms with Crippen molar-refractivity contribution in [2.24, 2.45) is 0 Å². The second kappa shape index (κ2) is 6.66. The Kier molecular flexibility index (Phi) is 4.33. The summed E-state index contributed by atoms with van der Waals surface area (Å²) in [5.41, 5.74) is 1.82. The average Bonchev–Trinajstić information content (AvgIpc) is 3.14. The summed E-state index contributed by atoms with van der Waals surface area (Å²) in [5.74, 6) is 0. The first-order valence-electron chi connectivity index (χ1n) is 10.2. The van der Waals surface area contributed by atoms with Crippen LogP contribution in [0.25, 0.3) is 0 Å². The van der Waals surface area contributed by atoms with Crippen LogP contribution in [0.15, 0.2) is 30.3 Å². The van der Waals surface area contributed by atoms with Gasteiger partial charge >= 0.3 is 0 Å². The molecule has 4 nitrogen and oxygen atoms in total. The predicted molar refractivity (Wildman–Crippen MR) is 99.6 cm³/mol. The Morgan fingerprint density at radius 3 is 2.60 bits per heavy atom. The van der Waals surface area contributed by atoms with Crippen LogP contribution in [0.2, 0.25) is 0 Å². The van der Waals surface area contributed by atoms with E-state index in [0.717, 1.165) is 38.9 Å². The molecule has 136 valence electrons. The van der Waals surface area contributed by atoms with Gasteiger partial charge in [0.2, 0.25) is 0 Å². The van der Waals surface area contributed by atoms with Crippen molar-refractivity contribution in [2.75, 3.05) is 45.9 Å². The zero-order chi connectivity index (χ0) is 16.7. The number of morpholine rings is 1. The molecule has 1 unspecified atom stereocenters. The number of benzene rings is 1. The van der Waals surface area contributed by atoms with Gasteiger partial charge in [-0.2, -0.15) is 0 Å². The maximum atomic E-state index is 5.84. The third-order valence-corrected chi connectivity index (χ3v) is 6.91. The number of hydrogen-bond acceptors (Lipinski definition) is 4. The second-order valence-electron chi connectivity index (χ2n) is 8.64. The lowest BCUT2D eigenvalue weighted by atomic mass is 9.81. The molecule has 4 heteroatoms. The monoisotopic (exact) mass is 341 g/mol. The number of ether oxygens (including phenoxy) is 1. The number of nitrogens with zero attached hydrogens (tertiary/aromatic N) is 3. The molecule has 0 amide bonds. The predicted octanol–water partition coefficient (Wildman–Crippen LogP) is 2.20. The zero-order valence-corrected chi connectivity index (χ0v) is 15.3. The Hall–Kier alpha value is -0.940. The van der Waals surface area contributed by atoms with Crippen molar-refractivity contribution < 1.29 is 4.74 Å². The van der Waals surface area contributed by atoms with E-state index in [1.807, 2.05) is 0 Å². The lowest BCUT2D eigenvalue weighted by Gasteiger charge is -2.64. The Labute approximate surface area is 151 Å². The Morgan fingerprint density at radius 2 is 1.80 bits per heavy atom. The van der Waals surface area contributed by atoms with Crippen LogP contribution in [-0.2, 0) is 11.3 Å². The second-order valence-corrected chi connectivity index (χ2v) is 8.64. The highest BCUT2D eigenvalue weighted by molar-refractivity contribution is 5.17. The van der Waals surface area contributed by atoms with Crippen LogP contribution in [0.5, 0.6) is 0 Å². The molecule has 3 heterocycles. The highest BCUT2D eigenvalue weighted by atomic mass is 16.5. The van der Waals surface area contributed by atoms with Crippen LogP contribution < -0.4 is 0 Å². The summed E-state index contributed by atoms with van der Waals surface area (Å²) >= 11 is 0. The molecule has 1 aromatic carbocycles. The normalized spacial score (nSPS) is 31.1. The number of rotatable bonds is 3. The topological polar surface area (TPSA) is 19.0 Å². The SMILES string of the molecule is c1ccc(CN2CC3COCCN3C3(C2)CN(C2CCCC2)C3)cc1. The summed E-state index contributed by atoms with van der Waals surface area (Å²) in [6.45, 7) is 8.97. The molecule has 0 bridgehead atoms. The van der Waals surface area contributed by atoms with E-state index >= 15 is 0 Å². The maximum Gasteiger partial charge on any atom is 0.0635 e. The molecule has 1 atom stereocenters. The van der Waals surface area contributed by atoms with Crippen molar-refractivity contribution in [3.63, 3.8) is 0 Å². The molecule has 3 aliphatic heterocycles. The first kappa shape index (κ1) is 16.2. The van der Waals surface area contributed by atoms with Crippen molar-refractivity contribution in [3.05, 3.63) is 35.9 Å². The van der Waals surface area contributed by atoms with Crippen molar-refractivity contribution in [1.29, 1.82) is 0 Å². The molecule has 4 aliphatic rings. The third-order valence-electron chi connectivity index (χ3n) is 6.91. The molecular formula is C21H31N3O. The standard InChI is InChI=1S/C21H31N3O/c1-2-6-18(7-3-1)12-22-13-20-14-25-11-10-24(20)21(15-22)16-23(17-21)19-8-4-5-9-19/h1-3,6-7,19-20H,4-5,8-17H2. The molecule has 3 saturated heterocycles. The Morgan fingerprint density at radius 1 is 1.00 bits per heavy atom. The van der Waals surface area contributed by atoms with E-state index in [1.54, 1.807) is 0 Å². The smallest absolute Gasteiger partial charge is 0.0635 e. The van der Waals surface area contributed by atoms with Crippen LogP contribution in [0.4, 0.5) is 0 Å². The van der Waals surface area contributed by atoms with Gasteiger partial charge in [0.05, 0.1) is 18.8 Å². The Bertz CT molecular complexity index is 580. The van der Waals surface area contributed by atoms with Crippen LogP contribution in [0, 0.1) is 0 Å². The first-order valence-corrected chi connectivity index (χ1v) is 10.2. The van der Waals surface area contributed by atoms with Crippen molar-refractivity contribution >= 4 is 0 Å². The van der Waals surface area contributed by atoms with E-state index in [4.69, 9.17) is 4.74 Å². The van der Waals surface area contributed by atoms with E-state index in [9.17, 15) is 0 Å². The molecule has 0 radical (unpaired) electrons. The number of hydrogen-bond donors (Lipinski definition) is 0. The van der Waals surface area contributed by atoms with Gasteiger partial charge in [-0.3, -0.25) is 14.7 Å². The fourth-order valence-corrected chi connectivity index (χ4v) is 5.78. The van der Waals surface area contributed by atoms with E-state index in [2.05, 4.69) is 45.0 Å². The minimum Gasteiger partial charge on any atom is -0.378 e. The highest BCUT2D eigenvalue weighted by Crippen LogP contribution is 2.39.